The molecule has 0 amide bonds. The van der Waals surface area contributed by atoms with E-state index in [4.69, 9.17) is 10.00 Å². The Morgan fingerprint density at radius 1 is 1.06 bits per heavy atom. The number of piperidine rings is 1. The van der Waals surface area contributed by atoms with Gasteiger partial charge in [-0.15, -0.1) is 34.0 Å². The second kappa shape index (κ2) is 14.0. The number of ether oxygens (including phenoxy) is 1. The van der Waals surface area contributed by atoms with E-state index in [0.29, 0.717) is 5.56 Å². The summed E-state index contributed by atoms with van der Waals surface area (Å²) in [6, 6.07) is 18.2. The van der Waals surface area contributed by atoms with Crippen LogP contribution in [0.4, 0.5) is 5.69 Å². The smallest absolute Gasteiger partial charge is 0.119 e. The maximum absolute atomic E-state index is 11.1. The number of rotatable bonds is 9. The molecule has 0 bridgehead atoms. The first-order valence-corrected chi connectivity index (χ1v) is 11.3. The number of nitriles is 1. The van der Waals surface area contributed by atoms with Gasteiger partial charge in [0, 0.05) is 38.9 Å². The number of halogens is 2. The zero-order chi connectivity index (χ0) is 22.3. The van der Waals surface area contributed by atoms with Crippen LogP contribution in [0.3, 0.4) is 0 Å². The van der Waals surface area contributed by atoms with Crippen molar-refractivity contribution in [3.63, 3.8) is 0 Å². The number of anilines is 1. The zero-order valence-corrected chi connectivity index (χ0v) is 23.3. The van der Waals surface area contributed by atoms with Crippen molar-refractivity contribution in [2.24, 2.45) is 0 Å². The van der Waals surface area contributed by atoms with Gasteiger partial charge in [-0.1, -0.05) is 12.1 Å². The summed E-state index contributed by atoms with van der Waals surface area (Å²) in [5.74, 6) is 0.888. The molecule has 0 aromatic heterocycles. The Hall–Kier alpha value is -1.59. The van der Waals surface area contributed by atoms with Crippen molar-refractivity contribution in [2.75, 3.05) is 38.1 Å². The number of likely N-dealkylation sites (tertiary alicyclic amines) is 1. The minimum absolute atomic E-state index is 0. The largest absolute Gasteiger partial charge is 0.491 e. The molecular weight excluding hydrogens is 546 g/mol. The van der Waals surface area contributed by atoms with Gasteiger partial charge < -0.3 is 19.6 Å². The van der Waals surface area contributed by atoms with Crippen LogP contribution < -0.4 is 9.64 Å². The molecule has 2 aromatic carbocycles. The van der Waals surface area contributed by atoms with Gasteiger partial charge in [-0.2, -0.15) is 5.26 Å². The molecule has 1 aliphatic heterocycles. The molecule has 0 saturated carbocycles. The monoisotopic (exact) mass is 581 g/mol. The third-order valence-corrected chi connectivity index (χ3v) is 6.15. The van der Waals surface area contributed by atoms with Crippen molar-refractivity contribution in [1.82, 2.24) is 4.90 Å². The molecule has 0 atom stereocenters. The Morgan fingerprint density at radius 3 is 2.21 bits per heavy atom. The van der Waals surface area contributed by atoms with Crippen LogP contribution in [-0.4, -0.2) is 54.9 Å². The second-order valence-electron chi connectivity index (χ2n) is 8.96. The Morgan fingerprint density at radius 2 is 1.67 bits per heavy atom. The molecule has 0 radical (unpaired) electrons. The fourth-order valence-corrected chi connectivity index (χ4v) is 4.03. The van der Waals surface area contributed by atoms with Crippen LogP contribution in [0, 0.1) is 11.3 Å². The number of nitrogens with zero attached hydrogens (tertiary/aromatic N) is 3. The fourth-order valence-electron chi connectivity index (χ4n) is 4.03. The van der Waals surface area contributed by atoms with E-state index >= 15 is 0 Å². The Bertz CT molecular complexity index is 859. The van der Waals surface area contributed by atoms with E-state index in [0.717, 1.165) is 63.3 Å². The minimum atomic E-state index is -0.583. The van der Waals surface area contributed by atoms with E-state index < -0.39 is 5.60 Å². The predicted octanol–water partition coefficient (Wildman–Crippen LogP) is 5.40. The van der Waals surface area contributed by atoms with Crippen LogP contribution in [-0.2, 0) is 6.42 Å². The molecule has 1 heterocycles. The molecule has 5 nitrogen and oxygen atoms in total. The number of hydrogen-bond donors (Lipinski definition) is 1. The summed E-state index contributed by atoms with van der Waals surface area (Å²) in [6.07, 6.45) is 3.55. The highest BCUT2D eigenvalue weighted by atomic mass is 79.9. The molecule has 0 spiro atoms. The zero-order valence-electron chi connectivity index (χ0n) is 19.9. The molecule has 2 aromatic rings. The molecule has 1 N–H and O–H groups in total. The minimum Gasteiger partial charge on any atom is -0.491 e. The van der Waals surface area contributed by atoms with Crippen molar-refractivity contribution in [3.05, 3.63) is 59.7 Å². The molecule has 1 fully saturated rings. The normalized spacial score (nSPS) is 15.2. The van der Waals surface area contributed by atoms with E-state index in [1.165, 1.54) is 5.56 Å². The van der Waals surface area contributed by atoms with Gasteiger partial charge >= 0.3 is 0 Å². The summed E-state index contributed by atoms with van der Waals surface area (Å²) in [7, 11) is 2.08. The summed E-state index contributed by atoms with van der Waals surface area (Å²) in [4.78, 5) is 4.64. The van der Waals surface area contributed by atoms with Gasteiger partial charge in [0.25, 0.3) is 0 Å². The lowest BCUT2D eigenvalue weighted by atomic mass is 9.88. The summed E-state index contributed by atoms with van der Waals surface area (Å²) >= 11 is 0. The van der Waals surface area contributed by atoms with E-state index in [9.17, 15) is 5.11 Å². The number of aliphatic hydroxyl groups is 1. The molecule has 1 saturated heterocycles. The Balaban J connectivity index is 0.00000272. The van der Waals surface area contributed by atoms with Crippen LogP contribution in [0.15, 0.2) is 48.5 Å². The lowest BCUT2D eigenvalue weighted by Crippen LogP contribution is -2.46. The van der Waals surface area contributed by atoms with Gasteiger partial charge in [0.1, 0.15) is 5.75 Å². The summed E-state index contributed by atoms with van der Waals surface area (Å²) in [5, 5.41) is 20.0. The Kier molecular flexibility index (Phi) is 12.5. The molecule has 7 heteroatoms. The molecule has 3 rings (SSSR count). The number of benzene rings is 2. The summed E-state index contributed by atoms with van der Waals surface area (Å²) in [6.45, 7) is 7.73. The third-order valence-electron chi connectivity index (χ3n) is 6.15. The van der Waals surface area contributed by atoms with Crippen molar-refractivity contribution >= 4 is 39.7 Å². The summed E-state index contributed by atoms with van der Waals surface area (Å²) < 4.78 is 5.71. The first kappa shape index (κ1) is 29.4. The van der Waals surface area contributed by atoms with Gasteiger partial charge in [-0.25, -0.2) is 0 Å². The highest BCUT2D eigenvalue weighted by Gasteiger charge is 2.32. The van der Waals surface area contributed by atoms with Gasteiger partial charge in [0.05, 0.1) is 23.3 Å². The van der Waals surface area contributed by atoms with Crippen molar-refractivity contribution in [3.8, 4) is 11.8 Å². The topological polar surface area (TPSA) is 59.7 Å². The van der Waals surface area contributed by atoms with Gasteiger partial charge in [-0.05, 0) is 81.5 Å². The van der Waals surface area contributed by atoms with Crippen molar-refractivity contribution < 1.29 is 9.84 Å². The average Bonchev–Trinajstić information content (AvgIpc) is 2.78. The van der Waals surface area contributed by atoms with Gasteiger partial charge in [-0.3, -0.25) is 0 Å². The highest BCUT2D eigenvalue weighted by Crippen LogP contribution is 2.27. The first-order valence-electron chi connectivity index (χ1n) is 11.3. The average molecular weight is 583 g/mol. The molecular formula is C26H37Br2N3O2. The SMILES string of the molecule is Br.Br.CC(C)Oc1ccc(N(C)CCC2(O)CCN(CCc3ccc(C#N)cc3)CC2)cc1. The van der Waals surface area contributed by atoms with Crippen LogP contribution in [0.5, 0.6) is 5.75 Å². The quantitative estimate of drug-likeness (QED) is 0.429. The van der Waals surface area contributed by atoms with E-state index in [1.54, 1.807) is 0 Å². The molecule has 0 aliphatic carbocycles. The van der Waals surface area contributed by atoms with Crippen LogP contribution >= 0.6 is 34.0 Å². The molecule has 1 aliphatic rings. The van der Waals surface area contributed by atoms with Gasteiger partial charge in [0.2, 0.25) is 0 Å². The fraction of sp³-hybridized carbons (Fsp3) is 0.500. The lowest BCUT2D eigenvalue weighted by molar-refractivity contribution is -0.0254. The highest BCUT2D eigenvalue weighted by molar-refractivity contribution is 8.93. The van der Waals surface area contributed by atoms with Crippen molar-refractivity contribution in [2.45, 2.75) is 51.2 Å². The van der Waals surface area contributed by atoms with E-state index in [2.05, 4.69) is 35.0 Å². The first-order chi connectivity index (χ1) is 14.9. The maximum Gasteiger partial charge on any atom is 0.119 e. The molecule has 33 heavy (non-hydrogen) atoms. The second-order valence-corrected chi connectivity index (χ2v) is 8.96. The maximum atomic E-state index is 11.1. The van der Waals surface area contributed by atoms with Gasteiger partial charge in [0.15, 0.2) is 0 Å². The van der Waals surface area contributed by atoms with Crippen LogP contribution in [0.1, 0.15) is 44.2 Å². The lowest BCUT2D eigenvalue weighted by Gasteiger charge is -2.39. The van der Waals surface area contributed by atoms with E-state index in [1.807, 2.05) is 50.2 Å². The van der Waals surface area contributed by atoms with Crippen LogP contribution in [0.2, 0.25) is 0 Å². The van der Waals surface area contributed by atoms with Crippen molar-refractivity contribution in [1.29, 1.82) is 5.26 Å². The van der Waals surface area contributed by atoms with E-state index in [-0.39, 0.29) is 40.1 Å². The predicted molar refractivity (Wildman–Crippen MR) is 146 cm³/mol. The molecule has 0 unspecified atom stereocenters. The number of hydrogen-bond acceptors (Lipinski definition) is 5. The summed E-state index contributed by atoms with van der Waals surface area (Å²) in [5.41, 5.74) is 2.52. The molecule has 182 valence electrons. The van der Waals surface area contributed by atoms with Crippen LogP contribution in [0.25, 0.3) is 0 Å². The standard InChI is InChI=1S/C26H35N3O2.2BrH/c1-21(2)31-25-10-8-24(9-11-25)28(3)17-13-26(30)14-18-29(19-15-26)16-12-22-4-6-23(20-27)7-5-22;;/h4-11,21,30H,12-19H2,1-3H3;2*1H. The Labute approximate surface area is 219 Å². The third kappa shape index (κ3) is 9.29.